The standard InChI is InChI=1S/C20H20ClN5O5S2/c1-4-16(25(33(3,30)31)17-11-15(26(28)29)10-5-12(17)2)18(27)22-20-24-23-19(32-20)13-6-8-14(21)9-7-13/h5-11,16H,4H2,1-3H3,(H,22,24,27)/t16-/m1/s1. The van der Waals surface area contributed by atoms with Crippen molar-refractivity contribution in [1.82, 2.24) is 10.2 Å². The average molecular weight is 510 g/mol. The lowest BCUT2D eigenvalue weighted by molar-refractivity contribution is -0.384. The van der Waals surface area contributed by atoms with Crippen LogP contribution in [0.1, 0.15) is 18.9 Å². The number of non-ortho nitro benzene ring substituents is 1. The average Bonchev–Trinajstić information content (AvgIpc) is 3.20. The Bertz CT molecular complexity index is 1290. The summed E-state index contributed by atoms with van der Waals surface area (Å²) in [4.78, 5) is 23.7. The Hall–Kier alpha value is -3.09. The number of sulfonamides is 1. The number of aromatic nitrogens is 2. The fourth-order valence-electron chi connectivity index (χ4n) is 3.16. The van der Waals surface area contributed by atoms with Crippen LogP contribution in [0.15, 0.2) is 42.5 Å². The van der Waals surface area contributed by atoms with Crippen LogP contribution in [0, 0.1) is 17.0 Å². The molecule has 0 unspecified atom stereocenters. The van der Waals surface area contributed by atoms with Gasteiger partial charge in [-0.3, -0.25) is 24.5 Å². The number of aryl methyl sites for hydroxylation is 1. The monoisotopic (exact) mass is 509 g/mol. The van der Waals surface area contributed by atoms with E-state index in [1.807, 2.05) is 0 Å². The first-order valence-corrected chi connectivity index (χ1v) is 12.7. The van der Waals surface area contributed by atoms with Gasteiger partial charge in [0, 0.05) is 22.7 Å². The minimum absolute atomic E-state index is 0.0628. The summed E-state index contributed by atoms with van der Waals surface area (Å²) in [5, 5.41) is 23.2. The third-order valence-electron chi connectivity index (χ3n) is 4.72. The van der Waals surface area contributed by atoms with Gasteiger partial charge >= 0.3 is 0 Å². The van der Waals surface area contributed by atoms with Crippen LogP contribution < -0.4 is 9.62 Å². The maximum atomic E-state index is 13.1. The van der Waals surface area contributed by atoms with Gasteiger partial charge in [-0.05, 0) is 31.0 Å². The summed E-state index contributed by atoms with van der Waals surface area (Å²) in [5.41, 5.74) is 1.01. The zero-order valence-corrected chi connectivity index (χ0v) is 20.2. The van der Waals surface area contributed by atoms with Crippen LogP contribution >= 0.6 is 22.9 Å². The van der Waals surface area contributed by atoms with E-state index < -0.39 is 26.9 Å². The number of carbonyl (C=O) groups excluding carboxylic acids is 1. The van der Waals surface area contributed by atoms with E-state index in [2.05, 4.69) is 15.5 Å². The molecule has 0 saturated heterocycles. The third kappa shape index (κ3) is 5.64. The third-order valence-corrected chi connectivity index (χ3v) is 7.02. The number of nitrogens with one attached hydrogen (secondary N) is 1. The number of nitrogens with zero attached hydrogens (tertiary/aromatic N) is 4. The lowest BCUT2D eigenvalue weighted by Gasteiger charge is -2.30. The molecular formula is C20H20ClN5O5S2. The Morgan fingerprint density at radius 2 is 1.91 bits per heavy atom. The molecular weight excluding hydrogens is 490 g/mol. The number of halogens is 1. The van der Waals surface area contributed by atoms with Gasteiger partial charge in [0.15, 0.2) is 0 Å². The molecule has 1 atom stereocenters. The Morgan fingerprint density at radius 3 is 2.48 bits per heavy atom. The second-order valence-corrected chi connectivity index (χ2v) is 10.4. The van der Waals surface area contributed by atoms with Crippen LogP contribution in [0.5, 0.6) is 0 Å². The van der Waals surface area contributed by atoms with E-state index in [0.29, 0.717) is 15.6 Å². The molecule has 0 spiro atoms. The fourth-order valence-corrected chi connectivity index (χ4v) is 5.29. The molecule has 1 N–H and O–H groups in total. The van der Waals surface area contributed by atoms with E-state index >= 15 is 0 Å². The molecule has 0 aliphatic carbocycles. The minimum atomic E-state index is -3.97. The topological polar surface area (TPSA) is 135 Å². The lowest BCUT2D eigenvalue weighted by atomic mass is 10.1. The molecule has 1 aromatic heterocycles. The van der Waals surface area contributed by atoms with Crippen molar-refractivity contribution in [3.05, 3.63) is 63.2 Å². The number of anilines is 2. The molecule has 10 nitrogen and oxygen atoms in total. The van der Waals surface area contributed by atoms with Crippen molar-refractivity contribution in [3.8, 4) is 10.6 Å². The molecule has 0 aliphatic heterocycles. The summed E-state index contributed by atoms with van der Waals surface area (Å²) in [6.07, 6.45) is 1.06. The Balaban J connectivity index is 1.92. The highest BCUT2D eigenvalue weighted by molar-refractivity contribution is 7.92. The predicted octanol–water partition coefficient (Wildman–Crippen LogP) is 4.26. The zero-order valence-electron chi connectivity index (χ0n) is 17.9. The number of carbonyl (C=O) groups is 1. The molecule has 0 bridgehead atoms. The van der Waals surface area contributed by atoms with Gasteiger partial charge in [0.1, 0.15) is 11.0 Å². The highest BCUT2D eigenvalue weighted by atomic mass is 35.5. The maximum absolute atomic E-state index is 13.1. The summed E-state index contributed by atoms with van der Waals surface area (Å²) in [6, 6.07) is 9.64. The van der Waals surface area contributed by atoms with Crippen LogP contribution in [-0.2, 0) is 14.8 Å². The van der Waals surface area contributed by atoms with Crippen LogP contribution in [0.4, 0.5) is 16.5 Å². The Labute approximate surface area is 199 Å². The van der Waals surface area contributed by atoms with Gasteiger partial charge in [-0.1, -0.05) is 48.1 Å². The summed E-state index contributed by atoms with van der Waals surface area (Å²) in [6.45, 7) is 3.26. The summed E-state index contributed by atoms with van der Waals surface area (Å²) >= 11 is 7.02. The molecule has 1 amide bonds. The quantitative estimate of drug-likeness (QED) is 0.354. The van der Waals surface area contributed by atoms with Gasteiger partial charge in [-0.2, -0.15) is 0 Å². The van der Waals surface area contributed by atoms with Crippen molar-refractivity contribution in [2.75, 3.05) is 15.9 Å². The summed E-state index contributed by atoms with van der Waals surface area (Å²) in [7, 11) is -3.97. The molecule has 2 aromatic carbocycles. The molecule has 0 saturated carbocycles. The van der Waals surface area contributed by atoms with Crippen LogP contribution in [0.2, 0.25) is 5.02 Å². The van der Waals surface area contributed by atoms with Gasteiger partial charge in [-0.15, -0.1) is 10.2 Å². The van der Waals surface area contributed by atoms with Crippen LogP contribution in [0.3, 0.4) is 0 Å². The van der Waals surface area contributed by atoms with Crippen LogP contribution in [0.25, 0.3) is 10.6 Å². The fraction of sp³-hybridized carbons (Fsp3) is 0.250. The van der Waals surface area contributed by atoms with Crippen molar-refractivity contribution in [1.29, 1.82) is 0 Å². The molecule has 174 valence electrons. The molecule has 13 heteroatoms. The Morgan fingerprint density at radius 1 is 1.24 bits per heavy atom. The first kappa shape index (κ1) is 24.6. The number of hydrogen-bond acceptors (Lipinski definition) is 8. The molecule has 33 heavy (non-hydrogen) atoms. The lowest BCUT2D eigenvalue weighted by Crippen LogP contribution is -2.47. The summed E-state index contributed by atoms with van der Waals surface area (Å²) in [5.74, 6) is -0.632. The van der Waals surface area contributed by atoms with E-state index in [1.165, 1.54) is 12.1 Å². The van der Waals surface area contributed by atoms with Crippen LogP contribution in [-0.4, -0.2) is 41.7 Å². The number of hydrogen-bond donors (Lipinski definition) is 1. The van der Waals surface area contributed by atoms with E-state index in [4.69, 9.17) is 11.6 Å². The molecule has 0 aliphatic rings. The second-order valence-electron chi connectivity index (χ2n) is 7.12. The van der Waals surface area contributed by atoms with Gasteiger partial charge in [0.25, 0.3) is 5.69 Å². The number of rotatable bonds is 8. The first-order valence-electron chi connectivity index (χ1n) is 9.66. The zero-order chi connectivity index (χ0) is 24.3. The smallest absolute Gasteiger partial charge is 0.271 e. The number of amides is 1. The van der Waals surface area contributed by atoms with E-state index in [0.717, 1.165) is 33.5 Å². The maximum Gasteiger partial charge on any atom is 0.271 e. The van der Waals surface area contributed by atoms with E-state index in [-0.39, 0.29) is 22.9 Å². The van der Waals surface area contributed by atoms with Gasteiger partial charge in [0.2, 0.25) is 21.1 Å². The number of benzene rings is 2. The molecule has 1 heterocycles. The molecule has 0 fully saturated rings. The molecule has 0 radical (unpaired) electrons. The van der Waals surface area contributed by atoms with Crippen molar-refractivity contribution in [2.24, 2.45) is 0 Å². The largest absolute Gasteiger partial charge is 0.299 e. The van der Waals surface area contributed by atoms with Crippen molar-refractivity contribution < 1.29 is 18.1 Å². The second kappa shape index (κ2) is 9.81. The van der Waals surface area contributed by atoms with E-state index in [1.54, 1.807) is 38.1 Å². The van der Waals surface area contributed by atoms with Gasteiger partial charge in [0.05, 0.1) is 16.9 Å². The SMILES string of the molecule is CC[C@H](C(=O)Nc1nnc(-c2ccc(Cl)cc2)s1)N(c1cc([N+](=O)[O-])ccc1C)S(C)(=O)=O. The predicted molar refractivity (Wildman–Crippen MR) is 128 cm³/mol. The van der Waals surface area contributed by atoms with Gasteiger partial charge < -0.3 is 0 Å². The number of nitro benzene ring substituents is 1. The Kier molecular flexibility index (Phi) is 7.30. The highest BCUT2D eigenvalue weighted by Crippen LogP contribution is 2.31. The normalized spacial score (nSPS) is 12.2. The number of nitro groups is 1. The summed E-state index contributed by atoms with van der Waals surface area (Å²) < 4.78 is 26.3. The minimum Gasteiger partial charge on any atom is -0.299 e. The molecule has 3 aromatic rings. The highest BCUT2D eigenvalue weighted by Gasteiger charge is 2.33. The first-order chi connectivity index (χ1) is 15.5. The van der Waals surface area contributed by atoms with Crippen molar-refractivity contribution in [3.63, 3.8) is 0 Å². The van der Waals surface area contributed by atoms with Crippen molar-refractivity contribution >= 4 is 55.4 Å². The van der Waals surface area contributed by atoms with Crippen molar-refractivity contribution in [2.45, 2.75) is 26.3 Å². The van der Waals surface area contributed by atoms with E-state index in [9.17, 15) is 23.3 Å². The molecule has 3 rings (SSSR count). The van der Waals surface area contributed by atoms with Gasteiger partial charge in [-0.25, -0.2) is 8.42 Å².